The number of carbonyl (C=O) groups excluding carboxylic acids is 1. The number of nitrogens with one attached hydrogen (secondary N) is 1. The van der Waals surface area contributed by atoms with Crippen molar-refractivity contribution in [3.05, 3.63) is 40.6 Å². The van der Waals surface area contributed by atoms with Crippen LogP contribution in [0.5, 0.6) is 0 Å². The molecule has 0 saturated carbocycles. The zero-order chi connectivity index (χ0) is 19.0. The predicted molar refractivity (Wildman–Crippen MR) is 109 cm³/mol. The van der Waals surface area contributed by atoms with Gasteiger partial charge in [-0.2, -0.15) is 0 Å². The Balaban J connectivity index is 2.24. The van der Waals surface area contributed by atoms with E-state index in [1.54, 1.807) is 0 Å². The van der Waals surface area contributed by atoms with Gasteiger partial charge in [-0.3, -0.25) is 4.79 Å². The number of hydrogen-bond donors (Lipinski definition) is 1. The lowest BCUT2D eigenvalue weighted by Crippen LogP contribution is -2.38. The van der Waals surface area contributed by atoms with Crippen LogP contribution in [0.4, 0.5) is 22.9 Å². The molecular formula is C21H28N4O. The van der Waals surface area contributed by atoms with Gasteiger partial charge < -0.3 is 15.1 Å². The molecule has 2 aromatic rings. The topological polar surface area (TPSA) is 48.5 Å². The van der Waals surface area contributed by atoms with Crippen LogP contribution in [0.2, 0.25) is 0 Å². The summed E-state index contributed by atoms with van der Waals surface area (Å²) in [6.07, 6.45) is 0. The molecule has 26 heavy (non-hydrogen) atoms. The second-order valence-corrected chi connectivity index (χ2v) is 7.04. The van der Waals surface area contributed by atoms with E-state index < -0.39 is 0 Å². The van der Waals surface area contributed by atoms with E-state index in [0.29, 0.717) is 0 Å². The normalized spacial score (nSPS) is 13.5. The first-order chi connectivity index (χ1) is 12.3. The van der Waals surface area contributed by atoms with Gasteiger partial charge in [-0.25, -0.2) is 4.98 Å². The number of benzene rings is 1. The molecule has 0 atom stereocenters. The number of aryl methyl sites for hydroxylation is 4. The van der Waals surface area contributed by atoms with E-state index in [9.17, 15) is 4.79 Å². The molecular weight excluding hydrogens is 324 g/mol. The monoisotopic (exact) mass is 352 g/mol. The summed E-state index contributed by atoms with van der Waals surface area (Å²) in [5, 5.41) is 3.07. The Bertz CT molecular complexity index is 832. The highest BCUT2D eigenvalue weighted by Crippen LogP contribution is 2.42. The predicted octanol–water partition coefficient (Wildman–Crippen LogP) is 4.25. The molecule has 0 bridgehead atoms. The van der Waals surface area contributed by atoms with Crippen molar-refractivity contribution in [3.8, 4) is 0 Å². The van der Waals surface area contributed by atoms with Gasteiger partial charge in [0.1, 0.15) is 12.2 Å². The maximum atomic E-state index is 12.5. The molecule has 1 aromatic heterocycles. The first kappa shape index (κ1) is 18.2. The lowest BCUT2D eigenvalue weighted by atomic mass is 10.0. The summed E-state index contributed by atoms with van der Waals surface area (Å²) < 4.78 is 0. The number of fused-ring (bicyclic) bond motifs is 1. The molecule has 5 heteroatoms. The van der Waals surface area contributed by atoms with Gasteiger partial charge >= 0.3 is 0 Å². The van der Waals surface area contributed by atoms with E-state index in [1.165, 1.54) is 5.56 Å². The molecule has 0 saturated heterocycles. The maximum Gasteiger partial charge on any atom is 0.244 e. The van der Waals surface area contributed by atoms with Gasteiger partial charge in [-0.15, -0.1) is 0 Å². The molecule has 1 amide bonds. The van der Waals surface area contributed by atoms with Crippen molar-refractivity contribution in [1.82, 2.24) is 4.98 Å². The average molecular weight is 352 g/mol. The van der Waals surface area contributed by atoms with Gasteiger partial charge in [0.15, 0.2) is 5.82 Å². The van der Waals surface area contributed by atoms with E-state index in [-0.39, 0.29) is 12.5 Å². The van der Waals surface area contributed by atoms with Crippen LogP contribution in [0.1, 0.15) is 36.2 Å². The molecule has 138 valence electrons. The highest BCUT2D eigenvalue weighted by molar-refractivity contribution is 6.06. The molecule has 1 aliphatic heterocycles. The Labute approximate surface area is 156 Å². The first-order valence-electron chi connectivity index (χ1n) is 9.27. The summed E-state index contributed by atoms with van der Waals surface area (Å²) in [6, 6.07) is 6.38. The van der Waals surface area contributed by atoms with Crippen molar-refractivity contribution in [2.75, 3.05) is 34.8 Å². The third kappa shape index (κ3) is 3.14. The van der Waals surface area contributed by atoms with Crippen LogP contribution in [0.25, 0.3) is 0 Å². The largest absolute Gasteiger partial charge is 0.370 e. The van der Waals surface area contributed by atoms with E-state index in [0.717, 1.165) is 52.8 Å². The SMILES string of the molecule is CCN(CC)c1cc(C)nc2c1NC(=O)CN2c1c(C)cc(C)cc1C. The summed E-state index contributed by atoms with van der Waals surface area (Å²) in [6.45, 7) is 14.6. The minimum Gasteiger partial charge on any atom is -0.370 e. The molecule has 1 aromatic carbocycles. The number of aromatic nitrogens is 1. The summed E-state index contributed by atoms with van der Waals surface area (Å²) >= 11 is 0. The molecule has 2 heterocycles. The van der Waals surface area contributed by atoms with E-state index in [4.69, 9.17) is 4.98 Å². The number of pyridine rings is 1. The molecule has 0 radical (unpaired) electrons. The van der Waals surface area contributed by atoms with Crippen LogP contribution in [0, 0.1) is 27.7 Å². The fourth-order valence-electron chi connectivity index (χ4n) is 3.95. The first-order valence-corrected chi connectivity index (χ1v) is 9.27. The Morgan fingerprint density at radius 2 is 1.69 bits per heavy atom. The minimum absolute atomic E-state index is 0.00376. The van der Waals surface area contributed by atoms with Gasteiger partial charge in [0.2, 0.25) is 5.91 Å². The Kier molecular flexibility index (Phi) is 4.90. The lowest BCUT2D eigenvalue weighted by Gasteiger charge is -2.35. The van der Waals surface area contributed by atoms with Crippen molar-refractivity contribution in [1.29, 1.82) is 0 Å². The van der Waals surface area contributed by atoms with Gasteiger partial charge in [0, 0.05) is 24.5 Å². The average Bonchev–Trinajstić information content (AvgIpc) is 2.55. The van der Waals surface area contributed by atoms with Crippen molar-refractivity contribution in [3.63, 3.8) is 0 Å². The van der Waals surface area contributed by atoms with Crippen LogP contribution >= 0.6 is 0 Å². The number of nitrogens with zero attached hydrogens (tertiary/aromatic N) is 3. The van der Waals surface area contributed by atoms with Crippen LogP contribution in [0.3, 0.4) is 0 Å². The Hall–Kier alpha value is -2.56. The molecule has 3 rings (SSSR count). The van der Waals surface area contributed by atoms with E-state index in [1.807, 2.05) is 6.92 Å². The number of rotatable bonds is 4. The second-order valence-electron chi connectivity index (χ2n) is 7.04. The van der Waals surface area contributed by atoms with Gasteiger partial charge in [0.05, 0.1) is 5.69 Å². The molecule has 1 N–H and O–H groups in total. The second kappa shape index (κ2) is 6.98. The lowest BCUT2D eigenvalue weighted by molar-refractivity contribution is -0.115. The molecule has 1 aliphatic rings. The summed E-state index contributed by atoms with van der Waals surface area (Å²) in [5.74, 6) is 0.831. The van der Waals surface area contributed by atoms with Crippen molar-refractivity contribution >= 4 is 28.8 Å². The van der Waals surface area contributed by atoms with Crippen LogP contribution in [-0.2, 0) is 4.79 Å². The minimum atomic E-state index is -0.00376. The zero-order valence-corrected chi connectivity index (χ0v) is 16.6. The fraction of sp³-hybridized carbons (Fsp3) is 0.429. The van der Waals surface area contributed by atoms with Crippen molar-refractivity contribution < 1.29 is 4.79 Å². The molecule has 0 spiro atoms. The number of carbonyl (C=O) groups is 1. The number of anilines is 4. The highest BCUT2D eigenvalue weighted by Gasteiger charge is 2.30. The van der Waals surface area contributed by atoms with E-state index in [2.05, 4.69) is 67.9 Å². The van der Waals surface area contributed by atoms with Crippen LogP contribution < -0.4 is 15.1 Å². The zero-order valence-electron chi connectivity index (χ0n) is 16.6. The molecule has 5 nitrogen and oxygen atoms in total. The van der Waals surface area contributed by atoms with Crippen LogP contribution in [0.15, 0.2) is 18.2 Å². The smallest absolute Gasteiger partial charge is 0.244 e. The third-order valence-corrected chi connectivity index (χ3v) is 4.94. The number of hydrogen-bond acceptors (Lipinski definition) is 4. The number of amides is 1. The van der Waals surface area contributed by atoms with Gasteiger partial charge in [-0.1, -0.05) is 17.7 Å². The van der Waals surface area contributed by atoms with E-state index >= 15 is 0 Å². The Morgan fingerprint density at radius 1 is 1.08 bits per heavy atom. The third-order valence-electron chi connectivity index (χ3n) is 4.94. The van der Waals surface area contributed by atoms with Crippen LogP contribution in [-0.4, -0.2) is 30.5 Å². The van der Waals surface area contributed by atoms with Crippen molar-refractivity contribution in [2.24, 2.45) is 0 Å². The Morgan fingerprint density at radius 3 is 2.27 bits per heavy atom. The highest BCUT2D eigenvalue weighted by atomic mass is 16.2. The molecule has 0 aliphatic carbocycles. The molecule has 0 unspecified atom stereocenters. The summed E-state index contributed by atoms with van der Waals surface area (Å²) in [4.78, 5) is 21.7. The quantitative estimate of drug-likeness (QED) is 0.893. The maximum absolute atomic E-state index is 12.5. The standard InChI is InChI=1S/C21H28N4O/c1-7-24(8-2)17-11-16(6)22-21-19(17)23-18(26)12-25(21)20-14(4)9-13(3)10-15(20)5/h9-11H,7-8,12H2,1-6H3,(H,23,26). The van der Waals surface area contributed by atoms with Gasteiger partial charge in [0.25, 0.3) is 0 Å². The van der Waals surface area contributed by atoms with Gasteiger partial charge in [-0.05, 0) is 58.7 Å². The summed E-state index contributed by atoms with van der Waals surface area (Å²) in [5.41, 5.74) is 7.44. The molecule has 0 fully saturated rings. The van der Waals surface area contributed by atoms with Crippen molar-refractivity contribution in [2.45, 2.75) is 41.5 Å². The summed E-state index contributed by atoms with van der Waals surface area (Å²) in [7, 11) is 0. The fourth-order valence-corrected chi connectivity index (χ4v) is 3.95.